The van der Waals surface area contributed by atoms with E-state index in [4.69, 9.17) is 0 Å². The predicted octanol–water partition coefficient (Wildman–Crippen LogP) is 4.60. The first-order valence-electron chi connectivity index (χ1n) is 5.03. The lowest BCUT2D eigenvalue weighted by atomic mass is 10.0. The van der Waals surface area contributed by atoms with Crippen LogP contribution in [0.25, 0.3) is 0 Å². The Morgan fingerprint density at radius 1 is 0.583 bits per heavy atom. The van der Waals surface area contributed by atoms with Crippen molar-refractivity contribution in [2.75, 3.05) is 7.11 Å². The topological polar surface area (TPSA) is 18.5 Å². The molecule has 0 saturated carbocycles. The zero-order valence-electron chi connectivity index (χ0n) is 10.7. The highest BCUT2D eigenvalue weighted by molar-refractivity contribution is 5.04. The predicted molar refractivity (Wildman–Crippen MR) is 43.8 cm³/mol. The van der Waals surface area contributed by atoms with E-state index in [0.29, 0.717) is 0 Å². The van der Waals surface area contributed by atoms with E-state index in [1.807, 2.05) is 0 Å². The van der Waals surface area contributed by atoms with Crippen LogP contribution in [0.5, 0.6) is 0 Å². The average Bonchev–Trinajstić information content (AvgIpc) is 2.18. The van der Waals surface area contributed by atoms with E-state index in [1.54, 1.807) is 4.74 Å². The molecule has 2 nitrogen and oxygen atoms in total. The molecule has 1 atom stereocenters. The minimum atomic E-state index is -7.63. The van der Waals surface area contributed by atoms with Crippen molar-refractivity contribution in [3.63, 3.8) is 0 Å². The van der Waals surface area contributed by atoms with Gasteiger partial charge in [0, 0.05) is 7.11 Å². The highest BCUT2D eigenvalue weighted by atomic mass is 19.4. The molecule has 0 bridgehead atoms. The summed E-state index contributed by atoms with van der Waals surface area (Å²) in [5, 5.41) is 0. The minimum Gasteiger partial charge on any atom is -0.365 e. The summed E-state index contributed by atoms with van der Waals surface area (Å²) in [5.74, 6) is 0. The van der Waals surface area contributed by atoms with Gasteiger partial charge in [-0.05, 0) is 0 Å². The standard InChI is InChI=1S/C8H4F14O2/c1-23-2(3(9,10)11)4(12,13)24-5(6(14,15)16,7(17,18)19)8(20,21)22/h2H,1H3. The normalized spacial score (nSPS) is 17.1. The van der Waals surface area contributed by atoms with Crippen molar-refractivity contribution in [3.05, 3.63) is 0 Å². The van der Waals surface area contributed by atoms with Gasteiger partial charge in [-0.3, -0.25) is 4.74 Å². The third kappa shape index (κ3) is 3.94. The maximum absolute atomic E-state index is 13.1. The molecule has 0 aromatic heterocycles. The Morgan fingerprint density at radius 2 is 0.875 bits per heavy atom. The van der Waals surface area contributed by atoms with Crippen LogP contribution in [0.3, 0.4) is 0 Å². The van der Waals surface area contributed by atoms with Gasteiger partial charge in [-0.25, -0.2) is 0 Å². The Bertz CT molecular complexity index is 390. The number of methoxy groups -OCH3 is 1. The fraction of sp³-hybridized carbons (Fsp3) is 1.00. The summed E-state index contributed by atoms with van der Waals surface area (Å²) < 4.78 is 178. The molecule has 1 unspecified atom stereocenters. The molecule has 0 fully saturated rings. The fourth-order valence-corrected chi connectivity index (χ4v) is 1.37. The van der Waals surface area contributed by atoms with Crippen molar-refractivity contribution >= 4 is 0 Å². The third-order valence-corrected chi connectivity index (χ3v) is 2.33. The second-order valence-electron chi connectivity index (χ2n) is 4.00. The largest absolute Gasteiger partial charge is 0.436 e. The van der Waals surface area contributed by atoms with E-state index in [2.05, 4.69) is 4.74 Å². The van der Waals surface area contributed by atoms with Crippen LogP contribution in [-0.2, 0) is 9.47 Å². The number of ether oxygens (including phenoxy) is 2. The highest BCUT2D eigenvalue weighted by Gasteiger charge is 2.88. The first-order chi connectivity index (χ1) is 10.1. The van der Waals surface area contributed by atoms with Gasteiger partial charge in [0.15, 0.2) is 0 Å². The summed E-state index contributed by atoms with van der Waals surface area (Å²) in [4.78, 5) is 0. The van der Waals surface area contributed by atoms with Gasteiger partial charge in [0.05, 0.1) is 0 Å². The maximum atomic E-state index is 13.1. The van der Waals surface area contributed by atoms with Crippen LogP contribution < -0.4 is 0 Å². The molecule has 0 aliphatic rings. The van der Waals surface area contributed by atoms with Gasteiger partial charge in [0.1, 0.15) is 0 Å². The Hall–Kier alpha value is -1.06. The van der Waals surface area contributed by atoms with Gasteiger partial charge in [0.25, 0.3) is 0 Å². The summed E-state index contributed by atoms with van der Waals surface area (Å²) in [7, 11) is -0.244. The second kappa shape index (κ2) is 6.03. The molecule has 146 valence electrons. The van der Waals surface area contributed by atoms with E-state index in [9.17, 15) is 61.5 Å². The maximum Gasteiger partial charge on any atom is 0.436 e. The van der Waals surface area contributed by atoms with Crippen molar-refractivity contribution in [1.82, 2.24) is 0 Å². The SMILES string of the molecule is COC(C(F)(F)F)C(F)(F)OC(C(F)(F)F)(C(F)(F)F)C(F)(F)F. The molecular weight excluding hydrogens is 394 g/mol. The molecule has 0 aromatic rings. The molecule has 16 heteroatoms. The molecular formula is C8H4F14O2. The van der Waals surface area contributed by atoms with Gasteiger partial charge < -0.3 is 4.74 Å². The molecule has 24 heavy (non-hydrogen) atoms. The van der Waals surface area contributed by atoms with Gasteiger partial charge in [-0.15, -0.1) is 0 Å². The van der Waals surface area contributed by atoms with Crippen LogP contribution in [0.2, 0.25) is 0 Å². The van der Waals surface area contributed by atoms with E-state index in [-0.39, 0.29) is 7.11 Å². The molecule has 0 aromatic carbocycles. The van der Waals surface area contributed by atoms with E-state index in [0.717, 1.165) is 0 Å². The molecule has 0 heterocycles. The fourth-order valence-electron chi connectivity index (χ4n) is 1.37. The van der Waals surface area contributed by atoms with E-state index >= 15 is 0 Å². The molecule has 0 aliphatic heterocycles. The monoisotopic (exact) mass is 398 g/mol. The van der Waals surface area contributed by atoms with E-state index < -0.39 is 42.5 Å². The van der Waals surface area contributed by atoms with Crippen LogP contribution in [0.15, 0.2) is 0 Å². The zero-order chi connectivity index (χ0) is 20.0. The van der Waals surface area contributed by atoms with Gasteiger partial charge in [-0.1, -0.05) is 0 Å². The van der Waals surface area contributed by atoms with Crippen LogP contribution >= 0.6 is 0 Å². The average molecular weight is 398 g/mol. The lowest BCUT2D eigenvalue weighted by Crippen LogP contribution is -2.71. The summed E-state index contributed by atoms with van der Waals surface area (Å²) in [5.41, 5.74) is -7.58. The quantitative estimate of drug-likeness (QED) is 0.645. The van der Waals surface area contributed by atoms with Crippen LogP contribution in [-0.4, -0.2) is 49.6 Å². The molecule has 0 saturated heterocycles. The van der Waals surface area contributed by atoms with Crippen molar-refractivity contribution in [1.29, 1.82) is 0 Å². The second-order valence-corrected chi connectivity index (χ2v) is 4.00. The number of hydrogen-bond donors (Lipinski definition) is 0. The molecule has 0 rings (SSSR count). The zero-order valence-corrected chi connectivity index (χ0v) is 10.7. The minimum absolute atomic E-state index is 0.244. The van der Waals surface area contributed by atoms with Crippen molar-refractivity contribution < 1.29 is 70.9 Å². The summed E-state index contributed by atoms with van der Waals surface area (Å²) >= 11 is 0. The number of halogens is 14. The summed E-state index contributed by atoms with van der Waals surface area (Å²) in [6, 6.07) is 0. The molecule has 0 aliphatic carbocycles. The van der Waals surface area contributed by atoms with E-state index in [1.165, 1.54) is 0 Å². The number of alkyl halides is 14. The Morgan fingerprint density at radius 3 is 1.04 bits per heavy atom. The molecule has 0 amide bonds. The van der Waals surface area contributed by atoms with Crippen LogP contribution in [0.4, 0.5) is 61.5 Å². The van der Waals surface area contributed by atoms with Gasteiger partial charge in [0.2, 0.25) is 6.10 Å². The van der Waals surface area contributed by atoms with Gasteiger partial charge >= 0.3 is 36.4 Å². The molecule has 0 N–H and O–H groups in total. The summed E-state index contributed by atoms with van der Waals surface area (Å²) in [6.07, 6.45) is -40.8. The van der Waals surface area contributed by atoms with Crippen molar-refractivity contribution in [2.24, 2.45) is 0 Å². The third-order valence-electron chi connectivity index (χ3n) is 2.33. The van der Waals surface area contributed by atoms with Gasteiger partial charge in [-0.2, -0.15) is 61.5 Å². The molecule has 0 spiro atoms. The van der Waals surface area contributed by atoms with Crippen LogP contribution in [0.1, 0.15) is 0 Å². The summed E-state index contributed by atoms with van der Waals surface area (Å²) in [6.45, 7) is 0. The lowest BCUT2D eigenvalue weighted by Gasteiger charge is -2.41. The Balaban J connectivity index is 6.44. The number of rotatable bonds is 4. The number of hydrogen-bond acceptors (Lipinski definition) is 2. The Kier molecular flexibility index (Phi) is 5.76. The Labute approximate surface area is 122 Å². The smallest absolute Gasteiger partial charge is 0.365 e. The van der Waals surface area contributed by atoms with Crippen molar-refractivity contribution in [2.45, 2.75) is 42.5 Å². The molecule has 0 radical (unpaired) electrons. The highest BCUT2D eigenvalue weighted by Crippen LogP contribution is 2.57. The van der Waals surface area contributed by atoms with Crippen LogP contribution in [0, 0.1) is 0 Å². The first-order valence-corrected chi connectivity index (χ1v) is 5.03. The van der Waals surface area contributed by atoms with Crippen molar-refractivity contribution in [3.8, 4) is 0 Å². The lowest BCUT2D eigenvalue weighted by molar-refractivity contribution is -0.514. The first kappa shape index (κ1) is 22.9.